The Balaban J connectivity index is 1.86. The van der Waals surface area contributed by atoms with Gasteiger partial charge in [-0.2, -0.15) is 0 Å². The third-order valence-electron chi connectivity index (χ3n) is 4.27. The molecule has 1 heterocycles. The van der Waals surface area contributed by atoms with E-state index in [4.69, 9.17) is 0 Å². The first kappa shape index (κ1) is 17.5. The van der Waals surface area contributed by atoms with Crippen LogP contribution in [0.1, 0.15) is 12.5 Å². The maximum atomic E-state index is 12.5. The van der Waals surface area contributed by atoms with Gasteiger partial charge in [0.2, 0.25) is 11.8 Å². The minimum atomic E-state index is -0.313. The second-order valence-electron chi connectivity index (χ2n) is 6.12. The molecule has 7 heteroatoms. The van der Waals surface area contributed by atoms with E-state index in [0.29, 0.717) is 16.9 Å². The Labute approximate surface area is 150 Å². The van der Waals surface area contributed by atoms with Crippen molar-refractivity contribution in [3.63, 3.8) is 0 Å². The van der Waals surface area contributed by atoms with E-state index in [1.807, 2.05) is 31.2 Å². The van der Waals surface area contributed by atoms with Gasteiger partial charge in [0.1, 0.15) is 6.54 Å². The SMILES string of the molecule is CC(=O)Nc1cccc(NC(=O)Cn2c(=O)n(C)c3ccccc32)c1C. The number of amides is 2. The van der Waals surface area contributed by atoms with Gasteiger partial charge in [-0.25, -0.2) is 4.79 Å². The molecule has 0 fully saturated rings. The van der Waals surface area contributed by atoms with Crippen molar-refractivity contribution in [1.29, 1.82) is 0 Å². The lowest BCUT2D eigenvalue weighted by molar-refractivity contribution is -0.117. The summed E-state index contributed by atoms with van der Waals surface area (Å²) in [6, 6.07) is 12.6. The van der Waals surface area contributed by atoms with Crippen molar-refractivity contribution in [1.82, 2.24) is 9.13 Å². The van der Waals surface area contributed by atoms with Crippen LogP contribution in [-0.4, -0.2) is 20.9 Å². The number of fused-ring (bicyclic) bond motifs is 1. The van der Waals surface area contributed by atoms with E-state index in [1.54, 1.807) is 25.2 Å². The van der Waals surface area contributed by atoms with Gasteiger partial charge in [-0.15, -0.1) is 0 Å². The van der Waals surface area contributed by atoms with E-state index in [1.165, 1.54) is 16.1 Å². The molecule has 134 valence electrons. The molecule has 0 spiro atoms. The fraction of sp³-hybridized carbons (Fsp3) is 0.211. The first-order valence-corrected chi connectivity index (χ1v) is 8.20. The normalized spacial score (nSPS) is 10.7. The van der Waals surface area contributed by atoms with E-state index >= 15 is 0 Å². The zero-order valence-corrected chi connectivity index (χ0v) is 14.9. The largest absolute Gasteiger partial charge is 0.329 e. The Morgan fingerprint density at radius 1 is 0.962 bits per heavy atom. The molecule has 0 aliphatic carbocycles. The van der Waals surface area contributed by atoms with Crippen molar-refractivity contribution in [2.24, 2.45) is 7.05 Å². The maximum Gasteiger partial charge on any atom is 0.329 e. The molecule has 2 N–H and O–H groups in total. The van der Waals surface area contributed by atoms with Gasteiger partial charge < -0.3 is 10.6 Å². The first-order chi connectivity index (χ1) is 12.4. The Hall–Kier alpha value is -3.35. The Kier molecular flexibility index (Phi) is 4.62. The number of carbonyl (C=O) groups excluding carboxylic acids is 2. The fourth-order valence-electron chi connectivity index (χ4n) is 2.95. The van der Waals surface area contributed by atoms with Crippen molar-refractivity contribution in [2.45, 2.75) is 20.4 Å². The van der Waals surface area contributed by atoms with Gasteiger partial charge in [0.15, 0.2) is 0 Å². The minimum absolute atomic E-state index is 0.0933. The molecule has 26 heavy (non-hydrogen) atoms. The van der Waals surface area contributed by atoms with Crippen LogP contribution in [0.25, 0.3) is 11.0 Å². The van der Waals surface area contributed by atoms with Crippen LogP contribution < -0.4 is 16.3 Å². The highest BCUT2D eigenvalue weighted by molar-refractivity contribution is 5.95. The molecule has 0 radical (unpaired) electrons. The van der Waals surface area contributed by atoms with Crippen LogP contribution in [0.5, 0.6) is 0 Å². The fourth-order valence-corrected chi connectivity index (χ4v) is 2.95. The molecule has 7 nitrogen and oxygen atoms in total. The van der Waals surface area contributed by atoms with Crippen LogP contribution in [0.15, 0.2) is 47.3 Å². The Morgan fingerprint density at radius 2 is 1.58 bits per heavy atom. The summed E-state index contributed by atoms with van der Waals surface area (Å²) in [6.45, 7) is 3.15. The molecule has 0 atom stereocenters. The summed E-state index contributed by atoms with van der Waals surface area (Å²) in [4.78, 5) is 36.2. The number of para-hydroxylation sites is 2. The number of hydrogen-bond acceptors (Lipinski definition) is 3. The van der Waals surface area contributed by atoms with E-state index in [0.717, 1.165) is 11.1 Å². The van der Waals surface area contributed by atoms with Crippen molar-refractivity contribution in [3.05, 3.63) is 58.5 Å². The molecule has 2 aromatic carbocycles. The van der Waals surface area contributed by atoms with Crippen molar-refractivity contribution in [2.75, 3.05) is 10.6 Å². The lowest BCUT2D eigenvalue weighted by atomic mass is 10.1. The second-order valence-corrected chi connectivity index (χ2v) is 6.12. The second kappa shape index (κ2) is 6.87. The van der Waals surface area contributed by atoms with Crippen molar-refractivity contribution < 1.29 is 9.59 Å². The quantitative estimate of drug-likeness (QED) is 0.755. The standard InChI is InChI=1S/C19H20N4O3/c1-12-14(20-13(2)24)7-6-8-15(12)21-18(25)11-23-17-10-5-4-9-16(17)22(3)19(23)26/h4-10H,11H2,1-3H3,(H,20,24)(H,21,25). The summed E-state index contributed by atoms with van der Waals surface area (Å²) in [5.74, 6) is -0.495. The highest BCUT2D eigenvalue weighted by Gasteiger charge is 2.14. The lowest BCUT2D eigenvalue weighted by Crippen LogP contribution is -2.28. The van der Waals surface area contributed by atoms with Crippen LogP contribution in [0, 0.1) is 6.92 Å². The van der Waals surface area contributed by atoms with Crippen LogP contribution in [0.2, 0.25) is 0 Å². The van der Waals surface area contributed by atoms with E-state index < -0.39 is 0 Å². The van der Waals surface area contributed by atoms with Crippen LogP contribution >= 0.6 is 0 Å². The molecule has 2 amide bonds. The zero-order chi connectivity index (χ0) is 18.8. The number of carbonyl (C=O) groups is 2. The molecule has 3 rings (SSSR count). The average Bonchev–Trinajstić information content (AvgIpc) is 2.83. The summed E-state index contributed by atoms with van der Waals surface area (Å²) in [5, 5.41) is 5.54. The molecule has 0 bridgehead atoms. The van der Waals surface area contributed by atoms with Gasteiger partial charge in [0.25, 0.3) is 0 Å². The van der Waals surface area contributed by atoms with Crippen LogP contribution in [0.4, 0.5) is 11.4 Å². The monoisotopic (exact) mass is 352 g/mol. The molecular formula is C19H20N4O3. The first-order valence-electron chi connectivity index (χ1n) is 8.20. The predicted octanol–water partition coefficient (Wildman–Crippen LogP) is 2.25. The predicted molar refractivity (Wildman–Crippen MR) is 101 cm³/mol. The summed E-state index contributed by atoms with van der Waals surface area (Å²) < 4.78 is 2.96. The molecular weight excluding hydrogens is 332 g/mol. The number of nitrogens with zero attached hydrogens (tertiary/aromatic N) is 2. The third-order valence-corrected chi connectivity index (χ3v) is 4.27. The molecule has 0 aliphatic heterocycles. The highest BCUT2D eigenvalue weighted by Crippen LogP contribution is 2.23. The Bertz CT molecular complexity index is 1060. The number of aryl methyl sites for hydroxylation is 1. The summed E-state index contributed by atoms with van der Waals surface area (Å²) >= 11 is 0. The summed E-state index contributed by atoms with van der Waals surface area (Å²) in [6.07, 6.45) is 0. The van der Waals surface area contributed by atoms with Crippen LogP contribution in [0.3, 0.4) is 0 Å². The number of rotatable bonds is 4. The average molecular weight is 352 g/mol. The van der Waals surface area contributed by atoms with E-state index in [2.05, 4.69) is 10.6 Å². The number of hydrogen-bond donors (Lipinski definition) is 2. The number of benzene rings is 2. The van der Waals surface area contributed by atoms with Gasteiger partial charge in [0.05, 0.1) is 11.0 Å². The zero-order valence-electron chi connectivity index (χ0n) is 14.9. The maximum absolute atomic E-state index is 12.5. The van der Waals surface area contributed by atoms with Gasteiger partial charge in [0, 0.05) is 25.3 Å². The van der Waals surface area contributed by atoms with Crippen molar-refractivity contribution in [3.8, 4) is 0 Å². The summed E-state index contributed by atoms with van der Waals surface area (Å²) in [5.41, 5.74) is 3.21. The van der Waals surface area contributed by atoms with Gasteiger partial charge >= 0.3 is 5.69 Å². The topological polar surface area (TPSA) is 85.1 Å². The molecule has 0 unspecified atom stereocenters. The number of imidazole rings is 1. The molecule has 1 aromatic heterocycles. The smallest absolute Gasteiger partial charge is 0.326 e. The number of anilines is 2. The number of nitrogens with one attached hydrogen (secondary N) is 2. The molecule has 0 saturated carbocycles. The summed E-state index contributed by atoms with van der Waals surface area (Å²) in [7, 11) is 1.68. The molecule has 0 saturated heterocycles. The molecule has 0 aliphatic rings. The van der Waals surface area contributed by atoms with E-state index in [9.17, 15) is 14.4 Å². The number of aromatic nitrogens is 2. The molecule has 3 aromatic rings. The van der Waals surface area contributed by atoms with Crippen LogP contribution in [-0.2, 0) is 23.2 Å². The Morgan fingerprint density at radius 3 is 2.23 bits per heavy atom. The van der Waals surface area contributed by atoms with E-state index in [-0.39, 0.29) is 24.0 Å². The van der Waals surface area contributed by atoms with Gasteiger partial charge in [-0.3, -0.25) is 18.7 Å². The third kappa shape index (κ3) is 3.23. The van der Waals surface area contributed by atoms with Crippen molar-refractivity contribution >= 4 is 34.2 Å². The van der Waals surface area contributed by atoms with Gasteiger partial charge in [-0.1, -0.05) is 18.2 Å². The van der Waals surface area contributed by atoms with Gasteiger partial charge in [-0.05, 0) is 36.8 Å². The minimum Gasteiger partial charge on any atom is -0.326 e. The lowest BCUT2D eigenvalue weighted by Gasteiger charge is -2.13. The highest BCUT2D eigenvalue weighted by atomic mass is 16.2.